The molecular formula is C25H27BrClN3O2. The molecule has 5 nitrogen and oxygen atoms in total. The molecule has 2 amide bonds. The lowest BCUT2D eigenvalue weighted by atomic mass is 10.0. The van der Waals surface area contributed by atoms with Crippen molar-refractivity contribution < 1.29 is 9.59 Å². The molecule has 32 heavy (non-hydrogen) atoms. The average Bonchev–Trinajstić information content (AvgIpc) is 2.92. The third kappa shape index (κ3) is 4.82. The molecule has 0 fully saturated rings. The number of hydrogen-bond acceptors (Lipinski definition) is 3. The van der Waals surface area contributed by atoms with Gasteiger partial charge >= 0.3 is 0 Å². The van der Waals surface area contributed by atoms with Crippen LogP contribution in [-0.2, 0) is 22.6 Å². The summed E-state index contributed by atoms with van der Waals surface area (Å²) in [4.78, 5) is 28.0. The van der Waals surface area contributed by atoms with Crippen LogP contribution in [0.5, 0.6) is 0 Å². The number of carbonyl (C=O) groups is 2. The maximum atomic E-state index is 13.6. The van der Waals surface area contributed by atoms with Gasteiger partial charge in [0.05, 0.1) is 12.6 Å². The number of amides is 2. The first kappa shape index (κ1) is 24.2. The van der Waals surface area contributed by atoms with Gasteiger partial charge in [-0.25, -0.2) is 0 Å². The summed E-state index contributed by atoms with van der Waals surface area (Å²) in [7, 11) is 1.74. The Labute approximate surface area is 203 Å². The molecule has 0 saturated carbocycles. The van der Waals surface area contributed by atoms with Crippen molar-refractivity contribution >= 4 is 56.6 Å². The lowest BCUT2D eigenvalue weighted by Crippen LogP contribution is -2.52. The molecule has 3 aromatic carbocycles. The molecule has 0 spiro atoms. The minimum atomic E-state index is -0.558. The Kier molecular flexibility index (Phi) is 7.93. The van der Waals surface area contributed by atoms with Gasteiger partial charge in [-0.15, -0.1) is 12.4 Å². The fourth-order valence-corrected chi connectivity index (χ4v) is 4.55. The largest absolute Gasteiger partial charge is 0.343 e. The van der Waals surface area contributed by atoms with Crippen molar-refractivity contribution in [2.45, 2.75) is 38.4 Å². The smallest absolute Gasteiger partial charge is 0.249 e. The Hall–Kier alpha value is -2.41. The summed E-state index contributed by atoms with van der Waals surface area (Å²) in [5, 5.41) is 8.11. The van der Waals surface area contributed by atoms with Crippen LogP contribution >= 0.6 is 28.3 Å². The maximum Gasteiger partial charge on any atom is 0.249 e. The summed E-state index contributed by atoms with van der Waals surface area (Å²) in [6.45, 7) is 2.23. The average molecular weight is 517 g/mol. The molecule has 0 aromatic heterocycles. The Bertz CT molecular complexity index is 1140. The first-order chi connectivity index (χ1) is 15.0. The van der Waals surface area contributed by atoms with Gasteiger partial charge in [-0.2, -0.15) is 0 Å². The minimum absolute atomic E-state index is 0. The van der Waals surface area contributed by atoms with Crippen LogP contribution < -0.4 is 15.5 Å². The molecule has 1 aliphatic heterocycles. The Morgan fingerprint density at radius 3 is 2.53 bits per heavy atom. The topological polar surface area (TPSA) is 61.4 Å². The van der Waals surface area contributed by atoms with Gasteiger partial charge in [0.25, 0.3) is 0 Å². The van der Waals surface area contributed by atoms with Gasteiger partial charge in [0.2, 0.25) is 11.8 Å². The SMILES string of the molecule is CNC(C)C(=O)NC1CCc2ccccc2N(Cc2ccc(Br)c3ccccc23)C1=O.Cl. The summed E-state index contributed by atoms with van der Waals surface area (Å²) in [5.41, 5.74) is 3.10. The van der Waals surface area contributed by atoms with Crippen LogP contribution in [0, 0.1) is 0 Å². The number of anilines is 1. The molecule has 2 N–H and O–H groups in total. The van der Waals surface area contributed by atoms with Crippen molar-refractivity contribution in [2.75, 3.05) is 11.9 Å². The third-order valence-corrected chi connectivity index (χ3v) is 6.67. The molecule has 0 aliphatic carbocycles. The maximum absolute atomic E-state index is 13.6. The Balaban J connectivity index is 0.00000289. The number of hydrogen-bond donors (Lipinski definition) is 2. The van der Waals surface area contributed by atoms with Gasteiger partial charge in [-0.3, -0.25) is 9.59 Å². The van der Waals surface area contributed by atoms with E-state index in [2.05, 4.69) is 50.8 Å². The number of halogens is 2. The molecule has 1 aliphatic rings. The first-order valence-electron chi connectivity index (χ1n) is 10.5. The molecule has 2 atom stereocenters. The van der Waals surface area contributed by atoms with E-state index in [9.17, 15) is 9.59 Å². The van der Waals surface area contributed by atoms with Crippen LogP contribution in [0.1, 0.15) is 24.5 Å². The zero-order valence-electron chi connectivity index (χ0n) is 18.1. The van der Waals surface area contributed by atoms with Gasteiger partial charge in [-0.05, 0) is 60.8 Å². The van der Waals surface area contributed by atoms with E-state index in [-0.39, 0.29) is 30.3 Å². The number of aryl methyl sites for hydroxylation is 1. The molecule has 3 aromatic rings. The summed E-state index contributed by atoms with van der Waals surface area (Å²) in [6, 6.07) is 19.4. The third-order valence-electron chi connectivity index (χ3n) is 5.98. The zero-order valence-corrected chi connectivity index (χ0v) is 20.5. The quantitative estimate of drug-likeness (QED) is 0.521. The highest BCUT2D eigenvalue weighted by molar-refractivity contribution is 9.10. The lowest BCUT2D eigenvalue weighted by Gasteiger charge is -2.27. The molecule has 7 heteroatoms. The number of para-hydroxylation sites is 1. The summed E-state index contributed by atoms with van der Waals surface area (Å²) >= 11 is 3.63. The van der Waals surface area contributed by atoms with Gasteiger partial charge in [0.1, 0.15) is 6.04 Å². The van der Waals surface area contributed by atoms with Crippen LogP contribution in [0.4, 0.5) is 5.69 Å². The van der Waals surface area contributed by atoms with E-state index in [1.165, 1.54) is 0 Å². The molecule has 0 bridgehead atoms. The second kappa shape index (κ2) is 10.5. The van der Waals surface area contributed by atoms with Crippen molar-refractivity contribution in [3.63, 3.8) is 0 Å². The molecule has 4 rings (SSSR count). The molecule has 1 heterocycles. The van der Waals surface area contributed by atoms with Crippen molar-refractivity contribution in [2.24, 2.45) is 0 Å². The number of benzene rings is 3. The normalized spacial score (nSPS) is 16.7. The summed E-state index contributed by atoms with van der Waals surface area (Å²) in [6.07, 6.45) is 1.31. The number of fused-ring (bicyclic) bond motifs is 2. The number of likely N-dealkylation sites (N-methyl/N-ethyl adjacent to an activating group) is 1. The highest BCUT2D eigenvalue weighted by Gasteiger charge is 2.32. The van der Waals surface area contributed by atoms with Crippen LogP contribution in [0.25, 0.3) is 10.8 Å². The van der Waals surface area contributed by atoms with Gasteiger partial charge in [0, 0.05) is 10.2 Å². The van der Waals surface area contributed by atoms with Crippen LogP contribution in [0.3, 0.4) is 0 Å². The van der Waals surface area contributed by atoms with Crippen LogP contribution in [-0.4, -0.2) is 30.9 Å². The second-order valence-electron chi connectivity index (χ2n) is 7.92. The van der Waals surface area contributed by atoms with Crippen molar-refractivity contribution in [3.05, 3.63) is 76.3 Å². The molecule has 0 saturated heterocycles. The van der Waals surface area contributed by atoms with E-state index in [0.29, 0.717) is 13.0 Å². The Morgan fingerprint density at radius 2 is 1.78 bits per heavy atom. The number of nitrogens with zero attached hydrogens (tertiary/aromatic N) is 1. The zero-order chi connectivity index (χ0) is 22.0. The first-order valence-corrected chi connectivity index (χ1v) is 11.3. The van der Waals surface area contributed by atoms with Gasteiger partial charge in [0.15, 0.2) is 0 Å². The fraction of sp³-hybridized carbons (Fsp3) is 0.280. The number of rotatable bonds is 5. The number of carbonyl (C=O) groups excluding carboxylic acids is 2. The molecule has 2 unspecified atom stereocenters. The van der Waals surface area contributed by atoms with E-state index in [4.69, 9.17) is 0 Å². The second-order valence-corrected chi connectivity index (χ2v) is 8.77. The number of nitrogens with one attached hydrogen (secondary N) is 2. The summed E-state index contributed by atoms with van der Waals surface area (Å²) < 4.78 is 1.03. The van der Waals surface area contributed by atoms with E-state index in [1.807, 2.05) is 41.3 Å². The standard InChI is InChI=1S/C25H26BrN3O2.ClH/c1-16(27-2)24(30)28-22-14-12-17-7-3-6-10-23(17)29(25(22)31)15-18-11-13-21(26)20-9-5-4-8-19(18)20;/h3-11,13,16,22,27H,12,14-15H2,1-2H3,(H,28,30);1H. The lowest BCUT2D eigenvalue weighted by molar-refractivity contribution is -0.128. The minimum Gasteiger partial charge on any atom is -0.343 e. The van der Waals surface area contributed by atoms with Gasteiger partial charge < -0.3 is 15.5 Å². The molecular weight excluding hydrogens is 490 g/mol. The molecule has 0 radical (unpaired) electrons. The highest BCUT2D eigenvalue weighted by atomic mass is 79.9. The van der Waals surface area contributed by atoms with Crippen LogP contribution in [0.15, 0.2) is 65.1 Å². The van der Waals surface area contributed by atoms with Gasteiger partial charge in [-0.1, -0.05) is 64.5 Å². The van der Waals surface area contributed by atoms with Crippen molar-refractivity contribution in [3.8, 4) is 0 Å². The van der Waals surface area contributed by atoms with Crippen molar-refractivity contribution in [1.82, 2.24) is 10.6 Å². The van der Waals surface area contributed by atoms with E-state index >= 15 is 0 Å². The Morgan fingerprint density at radius 1 is 1.09 bits per heavy atom. The van der Waals surface area contributed by atoms with Crippen molar-refractivity contribution in [1.29, 1.82) is 0 Å². The van der Waals surface area contributed by atoms with E-state index in [1.54, 1.807) is 14.0 Å². The highest BCUT2D eigenvalue weighted by Crippen LogP contribution is 2.32. The predicted molar refractivity (Wildman–Crippen MR) is 135 cm³/mol. The molecule has 168 valence electrons. The summed E-state index contributed by atoms with van der Waals surface area (Å²) in [5.74, 6) is -0.241. The van der Waals surface area contributed by atoms with E-state index < -0.39 is 6.04 Å². The fourth-order valence-electron chi connectivity index (χ4n) is 4.07. The van der Waals surface area contributed by atoms with E-state index in [0.717, 1.165) is 38.5 Å². The van der Waals surface area contributed by atoms with Crippen LogP contribution in [0.2, 0.25) is 0 Å². The monoisotopic (exact) mass is 515 g/mol. The predicted octanol–water partition coefficient (Wildman–Crippen LogP) is 4.60.